The van der Waals surface area contributed by atoms with Crippen LogP contribution in [-0.2, 0) is 20.8 Å². The van der Waals surface area contributed by atoms with Gasteiger partial charge in [-0.1, -0.05) is 0 Å². The van der Waals surface area contributed by atoms with Crippen molar-refractivity contribution in [2.75, 3.05) is 76.3 Å². The summed E-state index contributed by atoms with van der Waals surface area (Å²) in [5, 5.41) is 11.3. The Bertz CT molecular complexity index is 966. The average Bonchev–Trinajstić information content (AvgIpc) is 3.07. The number of nitrogens with one attached hydrogen (secondary N) is 2. The second kappa shape index (κ2) is 13.1. The van der Waals surface area contributed by atoms with Gasteiger partial charge in [-0.3, -0.25) is 14.4 Å². The molecule has 4 heterocycles. The molecule has 2 aromatic heterocycles. The minimum Gasteiger partial charge on any atom is -0.379 e. The van der Waals surface area contributed by atoms with E-state index in [1.54, 1.807) is 6.20 Å². The van der Waals surface area contributed by atoms with Gasteiger partial charge in [-0.2, -0.15) is 10.1 Å². The molecule has 2 aromatic rings. The molecular formula is C23H35BrN8O3. The summed E-state index contributed by atoms with van der Waals surface area (Å²) in [7, 11) is 0. The zero-order chi connectivity index (χ0) is 24.5. The van der Waals surface area contributed by atoms with Gasteiger partial charge < -0.3 is 25.0 Å². The van der Waals surface area contributed by atoms with Crippen LogP contribution in [0.3, 0.4) is 0 Å². The number of hydrogen-bond donors (Lipinski definition) is 2. The number of carbonyl (C=O) groups excluding carboxylic acids is 1. The van der Waals surface area contributed by atoms with E-state index in [0.717, 1.165) is 81.1 Å². The van der Waals surface area contributed by atoms with Gasteiger partial charge in [-0.15, -0.1) is 0 Å². The van der Waals surface area contributed by atoms with Crippen LogP contribution >= 0.6 is 15.9 Å². The number of aromatic nitrogens is 4. The Labute approximate surface area is 214 Å². The molecule has 192 valence electrons. The van der Waals surface area contributed by atoms with Crippen LogP contribution in [-0.4, -0.2) is 101 Å². The molecule has 0 bridgehead atoms. The zero-order valence-electron chi connectivity index (χ0n) is 20.3. The Balaban J connectivity index is 1.25. The van der Waals surface area contributed by atoms with Gasteiger partial charge in [0.15, 0.2) is 0 Å². The number of aryl methyl sites for hydroxylation is 2. The summed E-state index contributed by atoms with van der Waals surface area (Å²) in [5.41, 5.74) is 1.80. The fraction of sp³-hybridized carbons (Fsp3) is 0.652. The molecule has 2 fully saturated rings. The monoisotopic (exact) mass is 550 g/mol. The van der Waals surface area contributed by atoms with Gasteiger partial charge in [-0.25, -0.2) is 4.98 Å². The van der Waals surface area contributed by atoms with Crippen molar-refractivity contribution in [1.82, 2.24) is 29.5 Å². The summed E-state index contributed by atoms with van der Waals surface area (Å²) in [6.45, 7) is 10.5. The third kappa shape index (κ3) is 7.86. The van der Waals surface area contributed by atoms with E-state index in [9.17, 15) is 4.79 Å². The van der Waals surface area contributed by atoms with E-state index < -0.39 is 0 Å². The van der Waals surface area contributed by atoms with E-state index in [2.05, 4.69) is 46.5 Å². The van der Waals surface area contributed by atoms with Gasteiger partial charge in [0.1, 0.15) is 12.4 Å². The van der Waals surface area contributed by atoms with Crippen LogP contribution in [0.1, 0.15) is 25.0 Å². The van der Waals surface area contributed by atoms with E-state index in [0.29, 0.717) is 31.5 Å². The molecule has 0 aliphatic carbocycles. The van der Waals surface area contributed by atoms with E-state index in [1.165, 1.54) is 0 Å². The van der Waals surface area contributed by atoms with Crippen molar-refractivity contribution in [3.05, 3.63) is 22.6 Å². The third-order valence-corrected chi connectivity index (χ3v) is 6.67. The molecule has 12 heteroatoms. The van der Waals surface area contributed by atoms with Crippen molar-refractivity contribution in [3.8, 4) is 0 Å². The standard InChI is InChI=1S/C23H35BrN8O3/c1-18-20(16-32(29-18)9-3-6-30-10-13-34-14-11-30)27-23-26-15-19(24)22(28-23)25-5-2-7-31-8-4-12-35-17-21(31)33/h15-16H,2-14,17H2,1H3,(H2,25,26,27,28). The van der Waals surface area contributed by atoms with Crippen molar-refractivity contribution in [1.29, 1.82) is 0 Å². The highest BCUT2D eigenvalue weighted by Crippen LogP contribution is 2.23. The topological polar surface area (TPSA) is 110 Å². The molecule has 2 N–H and O–H groups in total. The van der Waals surface area contributed by atoms with E-state index in [4.69, 9.17) is 9.47 Å². The van der Waals surface area contributed by atoms with Crippen LogP contribution in [0.4, 0.5) is 17.5 Å². The van der Waals surface area contributed by atoms with Crippen molar-refractivity contribution in [2.24, 2.45) is 0 Å². The molecule has 0 unspecified atom stereocenters. The zero-order valence-corrected chi connectivity index (χ0v) is 21.9. The lowest BCUT2D eigenvalue weighted by atomic mass is 10.3. The van der Waals surface area contributed by atoms with Crippen LogP contribution in [0, 0.1) is 6.92 Å². The van der Waals surface area contributed by atoms with Crippen molar-refractivity contribution in [3.63, 3.8) is 0 Å². The van der Waals surface area contributed by atoms with E-state index >= 15 is 0 Å². The summed E-state index contributed by atoms with van der Waals surface area (Å²) < 4.78 is 13.5. The van der Waals surface area contributed by atoms with Crippen LogP contribution in [0.5, 0.6) is 0 Å². The highest BCUT2D eigenvalue weighted by Gasteiger charge is 2.16. The largest absolute Gasteiger partial charge is 0.379 e. The number of anilines is 3. The predicted molar refractivity (Wildman–Crippen MR) is 137 cm³/mol. The quantitative estimate of drug-likeness (QED) is 0.407. The fourth-order valence-electron chi connectivity index (χ4n) is 4.15. The lowest BCUT2D eigenvalue weighted by molar-refractivity contribution is -0.133. The van der Waals surface area contributed by atoms with E-state index in [1.807, 2.05) is 22.7 Å². The molecule has 2 aliphatic rings. The SMILES string of the molecule is Cc1nn(CCCN2CCOCC2)cc1Nc1ncc(Br)c(NCCCN2CCCOCC2=O)n1. The van der Waals surface area contributed by atoms with Crippen LogP contribution < -0.4 is 10.6 Å². The Morgan fingerprint density at radius 2 is 1.94 bits per heavy atom. The van der Waals surface area contributed by atoms with Gasteiger partial charge >= 0.3 is 0 Å². The van der Waals surface area contributed by atoms with Crippen molar-refractivity contribution < 1.29 is 14.3 Å². The normalized spacial score (nSPS) is 17.4. The first-order valence-corrected chi connectivity index (χ1v) is 13.1. The van der Waals surface area contributed by atoms with Crippen LogP contribution in [0.2, 0.25) is 0 Å². The molecule has 11 nitrogen and oxygen atoms in total. The number of morpholine rings is 1. The lowest BCUT2D eigenvalue weighted by Gasteiger charge is -2.26. The molecule has 2 saturated heterocycles. The number of rotatable bonds is 11. The Morgan fingerprint density at radius 1 is 1.09 bits per heavy atom. The fourth-order valence-corrected chi connectivity index (χ4v) is 4.49. The third-order valence-electron chi connectivity index (χ3n) is 6.09. The maximum atomic E-state index is 12.0. The van der Waals surface area contributed by atoms with Crippen molar-refractivity contribution >= 4 is 39.3 Å². The first-order chi connectivity index (χ1) is 17.1. The maximum absolute atomic E-state index is 12.0. The minimum atomic E-state index is 0.0641. The van der Waals surface area contributed by atoms with Crippen LogP contribution in [0.15, 0.2) is 16.9 Å². The van der Waals surface area contributed by atoms with Crippen LogP contribution in [0.25, 0.3) is 0 Å². The second-order valence-electron chi connectivity index (χ2n) is 8.78. The molecule has 0 saturated carbocycles. The smallest absolute Gasteiger partial charge is 0.248 e. The highest BCUT2D eigenvalue weighted by molar-refractivity contribution is 9.10. The van der Waals surface area contributed by atoms with Gasteiger partial charge in [-0.05, 0) is 42.1 Å². The summed E-state index contributed by atoms with van der Waals surface area (Å²) in [6.07, 6.45) is 6.49. The summed E-state index contributed by atoms with van der Waals surface area (Å²) >= 11 is 3.52. The molecule has 0 radical (unpaired) electrons. The summed E-state index contributed by atoms with van der Waals surface area (Å²) in [6, 6.07) is 0. The van der Waals surface area contributed by atoms with Crippen molar-refractivity contribution in [2.45, 2.75) is 32.7 Å². The number of nitrogens with zero attached hydrogens (tertiary/aromatic N) is 6. The molecule has 2 aliphatic heterocycles. The lowest BCUT2D eigenvalue weighted by Crippen LogP contribution is -2.37. The maximum Gasteiger partial charge on any atom is 0.248 e. The predicted octanol–water partition coefficient (Wildman–Crippen LogP) is 2.26. The Kier molecular flexibility index (Phi) is 9.69. The molecule has 1 amide bonds. The first-order valence-electron chi connectivity index (χ1n) is 12.3. The number of amides is 1. The first kappa shape index (κ1) is 25.8. The molecule has 0 aromatic carbocycles. The number of halogens is 1. The highest BCUT2D eigenvalue weighted by atomic mass is 79.9. The Hall–Kier alpha value is -2.28. The number of hydrogen-bond acceptors (Lipinski definition) is 9. The van der Waals surface area contributed by atoms with E-state index in [-0.39, 0.29) is 12.5 Å². The molecule has 35 heavy (non-hydrogen) atoms. The molecule has 0 spiro atoms. The summed E-state index contributed by atoms with van der Waals surface area (Å²) in [5.74, 6) is 1.28. The molecule has 4 rings (SSSR count). The minimum absolute atomic E-state index is 0.0641. The molecule has 0 atom stereocenters. The Morgan fingerprint density at radius 3 is 2.80 bits per heavy atom. The molecular weight excluding hydrogens is 516 g/mol. The van der Waals surface area contributed by atoms with Gasteiger partial charge in [0.25, 0.3) is 0 Å². The summed E-state index contributed by atoms with van der Waals surface area (Å²) in [4.78, 5) is 25.4. The van der Waals surface area contributed by atoms with Gasteiger partial charge in [0, 0.05) is 64.8 Å². The average molecular weight is 551 g/mol. The number of ether oxygens (including phenoxy) is 2. The van der Waals surface area contributed by atoms with Gasteiger partial charge in [0.2, 0.25) is 11.9 Å². The second-order valence-corrected chi connectivity index (χ2v) is 9.64. The van der Waals surface area contributed by atoms with Gasteiger partial charge in [0.05, 0.1) is 29.1 Å². The number of carbonyl (C=O) groups is 1.